The molecule has 0 saturated heterocycles. The molecule has 2 rings (SSSR count). The molecule has 6 nitrogen and oxygen atoms in total. The molecule has 27 heavy (non-hydrogen) atoms. The Kier molecular flexibility index (Phi) is 7.59. The fourth-order valence-corrected chi connectivity index (χ4v) is 3.38. The minimum absolute atomic E-state index is 0.0205. The van der Waals surface area contributed by atoms with Gasteiger partial charge in [-0.2, -0.15) is 15.1 Å². The number of benzene rings is 1. The van der Waals surface area contributed by atoms with Crippen LogP contribution >= 0.6 is 35.0 Å². The second-order valence-corrected chi connectivity index (χ2v) is 8.61. The number of nitrogens with one attached hydrogen (secondary N) is 1. The minimum atomic E-state index is -0.0979. The van der Waals surface area contributed by atoms with E-state index in [2.05, 4.69) is 41.3 Å². The van der Waals surface area contributed by atoms with E-state index in [4.69, 9.17) is 32.7 Å². The number of hydrazone groups is 1. The highest BCUT2D eigenvalue weighted by atomic mass is 35.5. The number of anilines is 1. The van der Waals surface area contributed by atoms with E-state index in [-0.39, 0.29) is 10.7 Å². The summed E-state index contributed by atoms with van der Waals surface area (Å²) in [6, 6.07) is 6.82. The van der Waals surface area contributed by atoms with E-state index in [1.807, 2.05) is 6.21 Å². The van der Waals surface area contributed by atoms with E-state index in [0.29, 0.717) is 32.6 Å². The molecule has 0 aliphatic heterocycles. The smallest absolute Gasteiger partial charge is 0.220 e. The summed E-state index contributed by atoms with van der Waals surface area (Å²) in [7, 11) is 3.11. The number of thioether (sulfide) groups is 1. The van der Waals surface area contributed by atoms with Gasteiger partial charge in [-0.1, -0.05) is 55.7 Å². The summed E-state index contributed by atoms with van der Waals surface area (Å²) in [6.45, 7) is 6.34. The number of halogens is 2. The summed E-state index contributed by atoms with van der Waals surface area (Å²) in [4.78, 5) is 8.75. The van der Waals surface area contributed by atoms with Crippen molar-refractivity contribution in [1.29, 1.82) is 0 Å². The van der Waals surface area contributed by atoms with Crippen LogP contribution in [0.4, 0.5) is 5.69 Å². The largest absolute Gasteiger partial charge is 0.481 e. The van der Waals surface area contributed by atoms with Crippen molar-refractivity contribution in [2.45, 2.75) is 31.2 Å². The lowest BCUT2D eigenvalue weighted by Crippen LogP contribution is -2.25. The third kappa shape index (κ3) is 6.45. The number of hydrogen-bond acceptors (Lipinski definition) is 7. The lowest BCUT2D eigenvalue weighted by atomic mass is 9.92. The van der Waals surface area contributed by atoms with Crippen molar-refractivity contribution < 1.29 is 9.47 Å². The Balaban J connectivity index is 2.18. The van der Waals surface area contributed by atoms with Gasteiger partial charge in [0.25, 0.3) is 0 Å². The normalized spacial score (nSPS) is 12.9. The van der Waals surface area contributed by atoms with Crippen LogP contribution in [0.5, 0.6) is 11.8 Å². The fourth-order valence-electron chi connectivity index (χ4n) is 1.94. The van der Waals surface area contributed by atoms with Crippen LogP contribution in [-0.4, -0.2) is 35.7 Å². The highest BCUT2D eigenvalue weighted by Gasteiger charge is 2.26. The Bertz CT molecular complexity index is 790. The zero-order valence-corrected chi connectivity index (χ0v) is 18.1. The summed E-state index contributed by atoms with van der Waals surface area (Å²) in [5.74, 6) is 0.889. The van der Waals surface area contributed by atoms with Crippen molar-refractivity contribution in [2.75, 3.05) is 19.6 Å². The van der Waals surface area contributed by atoms with Crippen LogP contribution < -0.4 is 14.9 Å². The molecule has 0 fully saturated rings. The lowest BCUT2D eigenvalue weighted by molar-refractivity contribution is 0.364. The molecule has 9 heteroatoms. The first-order valence-electron chi connectivity index (χ1n) is 8.11. The monoisotopic (exact) mass is 428 g/mol. The van der Waals surface area contributed by atoms with E-state index >= 15 is 0 Å². The molecular weight excluding hydrogens is 407 g/mol. The van der Waals surface area contributed by atoms with Crippen LogP contribution in [0.25, 0.3) is 0 Å². The molecule has 1 N–H and O–H groups in total. The molecule has 1 unspecified atom stereocenters. The summed E-state index contributed by atoms with van der Waals surface area (Å²) >= 11 is 13.5. The van der Waals surface area contributed by atoms with E-state index in [1.165, 1.54) is 11.8 Å². The number of rotatable bonds is 7. The maximum atomic E-state index is 6.16. The molecule has 0 bridgehead atoms. The van der Waals surface area contributed by atoms with Crippen molar-refractivity contribution >= 4 is 46.9 Å². The number of methoxy groups -OCH3 is 2. The second-order valence-electron chi connectivity index (χ2n) is 6.65. The van der Waals surface area contributed by atoms with Gasteiger partial charge in [-0.3, -0.25) is 5.43 Å². The highest BCUT2D eigenvalue weighted by Crippen LogP contribution is 2.34. The first-order chi connectivity index (χ1) is 12.7. The van der Waals surface area contributed by atoms with Gasteiger partial charge in [0.05, 0.1) is 36.2 Å². The minimum Gasteiger partial charge on any atom is -0.481 e. The van der Waals surface area contributed by atoms with Gasteiger partial charge >= 0.3 is 0 Å². The van der Waals surface area contributed by atoms with Crippen molar-refractivity contribution in [3.8, 4) is 11.8 Å². The zero-order valence-electron chi connectivity index (χ0n) is 15.8. The first-order valence-corrected chi connectivity index (χ1v) is 9.74. The van der Waals surface area contributed by atoms with Crippen molar-refractivity contribution in [1.82, 2.24) is 9.97 Å². The molecule has 0 spiro atoms. The SMILES string of the molecule is COc1cc(OC)nc(SC(/C=N/Nc2ccc(Cl)cc2Cl)C(C)(C)C)n1. The van der Waals surface area contributed by atoms with Crippen molar-refractivity contribution in [2.24, 2.45) is 10.5 Å². The van der Waals surface area contributed by atoms with Crippen LogP contribution in [0.2, 0.25) is 10.0 Å². The Morgan fingerprint density at radius 2 is 1.74 bits per heavy atom. The van der Waals surface area contributed by atoms with Crippen LogP contribution in [0.3, 0.4) is 0 Å². The Labute approximate surface area is 173 Å². The number of aromatic nitrogens is 2. The van der Waals surface area contributed by atoms with Crippen LogP contribution in [-0.2, 0) is 0 Å². The lowest BCUT2D eigenvalue weighted by Gasteiger charge is -2.26. The molecule has 0 radical (unpaired) electrons. The maximum Gasteiger partial charge on any atom is 0.220 e. The van der Waals surface area contributed by atoms with Gasteiger partial charge in [-0.15, -0.1) is 0 Å². The molecule has 1 aromatic heterocycles. The molecule has 146 valence electrons. The van der Waals surface area contributed by atoms with Crippen LogP contribution in [0, 0.1) is 5.41 Å². The third-order valence-electron chi connectivity index (χ3n) is 3.49. The highest BCUT2D eigenvalue weighted by molar-refractivity contribution is 8.00. The Hall–Kier alpha value is -1.70. The second kappa shape index (κ2) is 9.48. The predicted octanol–water partition coefficient (Wildman–Crippen LogP) is 5.41. The zero-order chi connectivity index (χ0) is 20.0. The standard InChI is InChI=1S/C18H22Cl2N4O2S/c1-18(2,3)14(10-21-24-13-7-6-11(19)8-12(13)20)27-17-22-15(25-4)9-16(23-17)26-5/h6-10,14,24H,1-5H3/b21-10+. The van der Waals surface area contributed by atoms with Gasteiger partial charge in [-0.05, 0) is 23.6 Å². The van der Waals surface area contributed by atoms with Crippen LogP contribution in [0.1, 0.15) is 20.8 Å². The fraction of sp³-hybridized carbons (Fsp3) is 0.389. The Morgan fingerprint density at radius 3 is 2.26 bits per heavy atom. The molecule has 1 atom stereocenters. The van der Waals surface area contributed by atoms with Gasteiger partial charge in [0.1, 0.15) is 0 Å². The van der Waals surface area contributed by atoms with Gasteiger partial charge in [-0.25, -0.2) is 0 Å². The van der Waals surface area contributed by atoms with E-state index < -0.39 is 0 Å². The average molecular weight is 429 g/mol. The van der Waals surface area contributed by atoms with Crippen molar-refractivity contribution in [3.05, 3.63) is 34.3 Å². The third-order valence-corrected chi connectivity index (χ3v) is 5.51. The molecular formula is C18H22Cl2N4O2S. The molecule has 1 heterocycles. The summed E-state index contributed by atoms with van der Waals surface area (Å²) < 4.78 is 10.4. The quantitative estimate of drug-likeness (QED) is 0.275. The van der Waals surface area contributed by atoms with Gasteiger partial charge < -0.3 is 9.47 Å². The molecule has 0 aliphatic rings. The number of nitrogens with zero attached hydrogens (tertiary/aromatic N) is 3. The first kappa shape index (κ1) is 21.6. The summed E-state index contributed by atoms with van der Waals surface area (Å²) in [6.07, 6.45) is 1.81. The molecule has 2 aromatic rings. The van der Waals surface area contributed by atoms with Crippen LogP contribution in [0.15, 0.2) is 34.5 Å². The average Bonchev–Trinajstić information content (AvgIpc) is 2.61. The van der Waals surface area contributed by atoms with Gasteiger partial charge in [0, 0.05) is 11.2 Å². The Morgan fingerprint density at radius 1 is 1.11 bits per heavy atom. The van der Waals surface area contributed by atoms with E-state index in [9.17, 15) is 0 Å². The summed E-state index contributed by atoms with van der Waals surface area (Å²) in [5, 5.41) is 5.93. The summed E-state index contributed by atoms with van der Waals surface area (Å²) in [5.41, 5.74) is 3.53. The van der Waals surface area contributed by atoms with Gasteiger partial charge in [0.15, 0.2) is 5.16 Å². The maximum absolute atomic E-state index is 6.16. The number of hydrogen-bond donors (Lipinski definition) is 1. The van der Waals surface area contributed by atoms with Crippen molar-refractivity contribution in [3.63, 3.8) is 0 Å². The van der Waals surface area contributed by atoms with E-state index in [0.717, 1.165) is 0 Å². The topological polar surface area (TPSA) is 68.6 Å². The van der Waals surface area contributed by atoms with Gasteiger partial charge in [0.2, 0.25) is 11.8 Å². The van der Waals surface area contributed by atoms with E-state index in [1.54, 1.807) is 38.5 Å². The molecule has 1 aromatic carbocycles. The number of ether oxygens (including phenoxy) is 2. The molecule has 0 aliphatic carbocycles. The molecule has 0 saturated carbocycles. The molecule has 0 amide bonds. The predicted molar refractivity (Wildman–Crippen MR) is 113 cm³/mol.